The first kappa shape index (κ1) is 22.7. The number of nitrogens with one attached hydrogen (secondary N) is 1. The van der Waals surface area contributed by atoms with E-state index in [9.17, 15) is 18.0 Å². The van der Waals surface area contributed by atoms with Crippen LogP contribution in [0.25, 0.3) is 11.4 Å². The van der Waals surface area contributed by atoms with Gasteiger partial charge in [-0.3, -0.25) is 9.67 Å². The van der Waals surface area contributed by atoms with Gasteiger partial charge in [-0.2, -0.15) is 10.2 Å². The van der Waals surface area contributed by atoms with Crippen LogP contribution in [-0.4, -0.2) is 63.2 Å². The third-order valence-electron chi connectivity index (χ3n) is 5.98. The number of halogens is 3. The molecule has 9 nitrogen and oxygen atoms in total. The topological polar surface area (TPSA) is 87.9 Å². The number of anilines is 1. The van der Waals surface area contributed by atoms with Crippen LogP contribution in [0.2, 0.25) is 0 Å². The van der Waals surface area contributed by atoms with Crippen LogP contribution in [0.3, 0.4) is 0 Å². The zero-order valence-corrected chi connectivity index (χ0v) is 19.0. The maximum atomic E-state index is 14.4. The molecule has 0 bridgehead atoms. The summed E-state index contributed by atoms with van der Waals surface area (Å²) >= 11 is 0. The van der Waals surface area contributed by atoms with E-state index in [0.29, 0.717) is 23.4 Å². The summed E-state index contributed by atoms with van der Waals surface area (Å²) in [6, 6.07) is 3.63. The standard InChI is InChI=1S/C23H22F3N7O2/c1-27-19-10-30-31(2)22(19)18-8-21(17(26)9-28-18)35-16-11-32(12-16)23(34)33-20(3-4-29-33)13-5-14(24)7-15(25)6-13/h4-10,16,20,27H,3,11-12H2,1-2H3/t20-/m0/s1. The highest BCUT2D eigenvalue weighted by Crippen LogP contribution is 2.33. The van der Waals surface area contributed by atoms with Crippen LogP contribution in [0, 0.1) is 17.5 Å². The number of rotatable bonds is 5. The van der Waals surface area contributed by atoms with Gasteiger partial charge in [0, 0.05) is 38.9 Å². The Morgan fingerprint density at radius 3 is 2.57 bits per heavy atom. The highest BCUT2D eigenvalue weighted by atomic mass is 19.1. The normalized spacial score (nSPS) is 17.6. The monoisotopic (exact) mass is 485 g/mol. The number of nitrogens with zero attached hydrogens (tertiary/aromatic N) is 6. The number of pyridine rings is 1. The van der Waals surface area contributed by atoms with Crippen molar-refractivity contribution in [1.29, 1.82) is 0 Å². The van der Waals surface area contributed by atoms with Gasteiger partial charge >= 0.3 is 6.03 Å². The average molecular weight is 485 g/mol. The van der Waals surface area contributed by atoms with E-state index >= 15 is 0 Å². The van der Waals surface area contributed by atoms with Gasteiger partial charge in [-0.05, 0) is 17.7 Å². The highest BCUT2D eigenvalue weighted by Gasteiger charge is 2.39. The smallest absolute Gasteiger partial charge is 0.341 e. The van der Waals surface area contributed by atoms with Gasteiger partial charge in [0.1, 0.15) is 23.4 Å². The van der Waals surface area contributed by atoms with E-state index in [2.05, 4.69) is 20.5 Å². The second kappa shape index (κ2) is 8.93. The molecule has 1 N–H and O–H groups in total. The van der Waals surface area contributed by atoms with Gasteiger partial charge in [-0.15, -0.1) is 0 Å². The fourth-order valence-electron chi connectivity index (χ4n) is 4.20. The van der Waals surface area contributed by atoms with Crippen molar-refractivity contribution < 1.29 is 22.7 Å². The zero-order valence-electron chi connectivity index (χ0n) is 19.0. The minimum atomic E-state index is -0.719. The molecule has 12 heteroatoms. The Balaban J connectivity index is 1.25. The summed E-state index contributed by atoms with van der Waals surface area (Å²) in [5, 5.41) is 12.5. The Morgan fingerprint density at radius 1 is 1.11 bits per heavy atom. The summed E-state index contributed by atoms with van der Waals surface area (Å²) in [7, 11) is 3.50. The van der Waals surface area contributed by atoms with Crippen molar-refractivity contribution in [2.75, 3.05) is 25.5 Å². The molecule has 2 amide bonds. The number of benzene rings is 1. The van der Waals surface area contributed by atoms with E-state index in [1.807, 2.05) is 0 Å². The second-order valence-corrected chi connectivity index (χ2v) is 8.30. The van der Waals surface area contributed by atoms with E-state index in [1.165, 1.54) is 34.3 Å². The summed E-state index contributed by atoms with van der Waals surface area (Å²) in [5.74, 6) is -2.04. The van der Waals surface area contributed by atoms with Gasteiger partial charge < -0.3 is 15.0 Å². The number of ether oxygens (including phenoxy) is 1. The molecule has 2 aliphatic rings. The molecule has 0 unspecified atom stereocenters. The average Bonchev–Trinajstić information content (AvgIpc) is 3.43. The SMILES string of the molecule is CNc1cnn(C)c1-c1cc(OC2CN(C(=O)N3N=CC[C@H]3c3cc(F)cc(F)c3)C2)c(F)cn1. The van der Waals surface area contributed by atoms with Crippen LogP contribution in [0.1, 0.15) is 18.0 Å². The number of urea groups is 1. The molecule has 1 saturated heterocycles. The van der Waals surface area contributed by atoms with Crippen LogP contribution in [0.5, 0.6) is 5.75 Å². The lowest BCUT2D eigenvalue weighted by Gasteiger charge is -2.41. The summed E-state index contributed by atoms with van der Waals surface area (Å²) in [6.45, 7) is 0.416. The summed E-state index contributed by atoms with van der Waals surface area (Å²) in [6.07, 6.45) is 4.17. The molecule has 2 aliphatic heterocycles. The minimum absolute atomic E-state index is 0.0163. The molecule has 0 saturated carbocycles. The van der Waals surface area contributed by atoms with E-state index in [1.54, 1.807) is 25.0 Å². The lowest BCUT2D eigenvalue weighted by Crippen LogP contribution is -2.58. The Hall–Kier alpha value is -4.09. The molecule has 182 valence electrons. The van der Waals surface area contributed by atoms with Crippen molar-refractivity contribution in [3.8, 4) is 17.1 Å². The Bertz CT molecular complexity index is 1290. The number of amides is 2. The molecule has 3 aromatic rings. The maximum Gasteiger partial charge on any atom is 0.341 e. The third kappa shape index (κ3) is 4.27. The molecule has 2 aromatic heterocycles. The molecule has 4 heterocycles. The number of aryl methyl sites for hydroxylation is 1. The van der Waals surface area contributed by atoms with Crippen molar-refractivity contribution in [1.82, 2.24) is 24.7 Å². The second-order valence-electron chi connectivity index (χ2n) is 8.30. The van der Waals surface area contributed by atoms with Crippen LogP contribution >= 0.6 is 0 Å². The van der Waals surface area contributed by atoms with Crippen molar-refractivity contribution >= 4 is 17.9 Å². The lowest BCUT2D eigenvalue weighted by atomic mass is 10.0. The summed E-state index contributed by atoms with van der Waals surface area (Å²) in [5.41, 5.74) is 2.21. The van der Waals surface area contributed by atoms with Gasteiger partial charge in [0.05, 0.1) is 42.9 Å². The number of carbonyl (C=O) groups is 1. The van der Waals surface area contributed by atoms with E-state index < -0.39 is 35.6 Å². The first-order valence-electron chi connectivity index (χ1n) is 10.9. The zero-order chi connectivity index (χ0) is 24.7. The van der Waals surface area contributed by atoms with Gasteiger partial charge in [0.15, 0.2) is 11.6 Å². The number of carbonyl (C=O) groups excluding carboxylic acids is 1. The molecular weight excluding hydrogens is 463 g/mol. The first-order valence-corrected chi connectivity index (χ1v) is 10.9. The maximum absolute atomic E-state index is 14.4. The predicted molar refractivity (Wildman–Crippen MR) is 121 cm³/mol. The number of hydrogen-bond donors (Lipinski definition) is 1. The van der Waals surface area contributed by atoms with Gasteiger partial charge in [0.2, 0.25) is 0 Å². The minimum Gasteiger partial charge on any atom is -0.483 e. The van der Waals surface area contributed by atoms with E-state index in [-0.39, 0.29) is 18.8 Å². The Morgan fingerprint density at radius 2 is 1.86 bits per heavy atom. The molecule has 1 aromatic carbocycles. The molecule has 1 fully saturated rings. The highest BCUT2D eigenvalue weighted by molar-refractivity contribution is 5.79. The third-order valence-corrected chi connectivity index (χ3v) is 5.98. The fourth-order valence-corrected chi connectivity index (χ4v) is 4.20. The lowest BCUT2D eigenvalue weighted by molar-refractivity contribution is 0.0256. The molecule has 5 rings (SSSR count). The van der Waals surface area contributed by atoms with Crippen LogP contribution < -0.4 is 10.1 Å². The van der Waals surface area contributed by atoms with Crippen molar-refractivity contribution in [3.05, 3.63) is 59.7 Å². The quantitative estimate of drug-likeness (QED) is 0.597. The number of aromatic nitrogens is 3. The van der Waals surface area contributed by atoms with Gasteiger partial charge in [-0.25, -0.2) is 23.0 Å². The molecule has 0 spiro atoms. The Labute approximate surface area is 198 Å². The number of likely N-dealkylation sites (tertiary alicyclic amines) is 1. The molecule has 0 aliphatic carbocycles. The first-order chi connectivity index (χ1) is 16.8. The molecule has 35 heavy (non-hydrogen) atoms. The van der Waals surface area contributed by atoms with Crippen molar-refractivity contribution in [2.24, 2.45) is 12.1 Å². The van der Waals surface area contributed by atoms with Crippen LogP contribution in [0.4, 0.5) is 23.7 Å². The van der Waals surface area contributed by atoms with Gasteiger partial charge in [0.25, 0.3) is 0 Å². The number of hydrogen-bond acceptors (Lipinski definition) is 6. The Kier molecular flexibility index (Phi) is 5.79. The molecule has 0 radical (unpaired) electrons. The van der Waals surface area contributed by atoms with Crippen molar-refractivity contribution in [3.63, 3.8) is 0 Å². The summed E-state index contributed by atoms with van der Waals surface area (Å²) in [4.78, 5) is 18.6. The van der Waals surface area contributed by atoms with Gasteiger partial charge in [-0.1, -0.05) is 0 Å². The van der Waals surface area contributed by atoms with E-state index in [0.717, 1.165) is 18.0 Å². The van der Waals surface area contributed by atoms with Crippen LogP contribution in [-0.2, 0) is 7.05 Å². The molecule has 1 atom stereocenters. The molecular formula is C23H22F3N7O2. The fraction of sp³-hybridized carbons (Fsp3) is 0.304. The van der Waals surface area contributed by atoms with Crippen molar-refractivity contribution in [2.45, 2.75) is 18.6 Å². The van der Waals surface area contributed by atoms with Crippen LogP contribution in [0.15, 0.2) is 41.8 Å². The number of hydrazone groups is 1. The van der Waals surface area contributed by atoms with E-state index in [4.69, 9.17) is 4.74 Å². The summed E-state index contributed by atoms with van der Waals surface area (Å²) < 4.78 is 49.2. The largest absolute Gasteiger partial charge is 0.483 e. The predicted octanol–water partition coefficient (Wildman–Crippen LogP) is 3.56.